The second kappa shape index (κ2) is 7.51. The third-order valence-electron chi connectivity index (χ3n) is 4.58. The maximum atomic E-state index is 14.2. The Hall–Kier alpha value is -2.96. The number of benzene rings is 1. The number of hydrogen-bond donors (Lipinski definition) is 2. The van der Waals surface area contributed by atoms with Crippen molar-refractivity contribution in [1.82, 2.24) is 4.98 Å². The van der Waals surface area contributed by atoms with Crippen molar-refractivity contribution in [3.05, 3.63) is 54.1 Å². The summed E-state index contributed by atoms with van der Waals surface area (Å²) in [6, 6.07) is 9.45. The largest absolute Gasteiger partial charge is 0.484 e. The van der Waals surface area contributed by atoms with Gasteiger partial charge in [-0.1, -0.05) is 12.5 Å². The maximum absolute atomic E-state index is 14.2. The molecule has 1 heterocycles. The molecule has 0 spiro atoms. The second-order valence-corrected chi connectivity index (χ2v) is 6.42. The van der Waals surface area contributed by atoms with Gasteiger partial charge in [-0.15, -0.1) is 0 Å². The van der Waals surface area contributed by atoms with Crippen LogP contribution in [0.25, 0.3) is 0 Å². The Morgan fingerprint density at radius 3 is 2.65 bits per heavy atom. The first-order valence-corrected chi connectivity index (χ1v) is 8.34. The first kappa shape index (κ1) is 17.8. The van der Waals surface area contributed by atoms with Crippen molar-refractivity contribution in [2.75, 3.05) is 5.32 Å². The van der Waals surface area contributed by atoms with Crippen LogP contribution in [0.3, 0.4) is 0 Å². The van der Waals surface area contributed by atoms with E-state index in [4.69, 9.17) is 4.74 Å². The van der Waals surface area contributed by atoms with Crippen molar-refractivity contribution in [2.45, 2.75) is 32.3 Å². The Labute approximate surface area is 150 Å². The third kappa shape index (κ3) is 3.99. The molecule has 2 N–H and O–H groups in total. The molecule has 0 saturated heterocycles. The number of amides is 1. The number of hydrogen-bond acceptors (Lipinski definition) is 4. The average molecular weight is 358 g/mol. The molecule has 1 aliphatic rings. The highest BCUT2D eigenvalue weighted by Gasteiger charge is 2.45. The fourth-order valence-electron chi connectivity index (χ4n) is 2.91. The Balaban J connectivity index is 1.58. The van der Waals surface area contributed by atoms with Crippen LogP contribution in [-0.4, -0.2) is 22.0 Å². The van der Waals surface area contributed by atoms with E-state index in [-0.39, 0.29) is 24.5 Å². The van der Waals surface area contributed by atoms with E-state index in [9.17, 15) is 19.1 Å². The summed E-state index contributed by atoms with van der Waals surface area (Å²) in [5.41, 5.74) is -0.0461. The summed E-state index contributed by atoms with van der Waals surface area (Å²) in [4.78, 5) is 27.5. The summed E-state index contributed by atoms with van der Waals surface area (Å²) < 4.78 is 19.5. The van der Waals surface area contributed by atoms with Crippen molar-refractivity contribution in [3.8, 4) is 5.75 Å². The highest BCUT2D eigenvalue weighted by Crippen LogP contribution is 2.44. The predicted octanol–water partition coefficient (Wildman–Crippen LogP) is 3.38. The number of carboxylic acid groups (broad SMARTS) is 1. The lowest BCUT2D eigenvalue weighted by Crippen LogP contribution is -2.41. The molecule has 3 rings (SSSR count). The molecule has 2 aromatic rings. The van der Waals surface area contributed by atoms with Gasteiger partial charge in [0.15, 0.2) is 11.6 Å². The minimum atomic E-state index is -0.978. The van der Waals surface area contributed by atoms with Crippen LogP contribution in [0.4, 0.5) is 10.1 Å². The van der Waals surface area contributed by atoms with E-state index in [0.29, 0.717) is 18.5 Å². The van der Waals surface area contributed by atoms with Gasteiger partial charge in [0, 0.05) is 24.4 Å². The number of pyridine rings is 1. The maximum Gasteiger partial charge on any atom is 0.310 e. The molecule has 1 saturated carbocycles. The van der Waals surface area contributed by atoms with Crippen LogP contribution in [0.15, 0.2) is 42.6 Å². The van der Waals surface area contributed by atoms with Crippen LogP contribution in [0.5, 0.6) is 5.75 Å². The van der Waals surface area contributed by atoms with Gasteiger partial charge < -0.3 is 15.2 Å². The van der Waals surface area contributed by atoms with Crippen LogP contribution in [0, 0.1) is 11.2 Å². The van der Waals surface area contributed by atoms with E-state index < -0.39 is 23.1 Å². The summed E-state index contributed by atoms with van der Waals surface area (Å²) >= 11 is 0. The Kier molecular flexibility index (Phi) is 5.16. The molecule has 136 valence electrons. The fraction of sp³-hybridized carbons (Fsp3) is 0.316. The number of halogens is 1. The van der Waals surface area contributed by atoms with Crippen molar-refractivity contribution in [3.63, 3.8) is 0 Å². The molecular formula is C19H19FN2O4. The lowest BCUT2D eigenvalue weighted by molar-refractivity contribution is -0.157. The SMILES string of the molecule is O=C(CC1(C(=O)O)CCC1)Nc1ccc(OCc2ccccn2)c(F)c1. The van der Waals surface area contributed by atoms with E-state index in [1.54, 1.807) is 18.3 Å². The minimum absolute atomic E-state index is 0.0506. The lowest BCUT2D eigenvalue weighted by Gasteiger charge is -2.36. The molecule has 0 aliphatic heterocycles. The molecule has 6 nitrogen and oxygen atoms in total. The number of anilines is 1. The molecule has 0 atom stereocenters. The number of nitrogens with zero attached hydrogens (tertiary/aromatic N) is 1. The summed E-state index contributed by atoms with van der Waals surface area (Å²) in [5.74, 6) is -1.96. The quantitative estimate of drug-likeness (QED) is 0.792. The number of carbonyl (C=O) groups is 2. The summed E-state index contributed by atoms with van der Waals surface area (Å²) in [6.07, 6.45) is 3.30. The van der Waals surface area contributed by atoms with Gasteiger partial charge in [0.25, 0.3) is 0 Å². The zero-order valence-electron chi connectivity index (χ0n) is 14.1. The van der Waals surface area contributed by atoms with Gasteiger partial charge in [-0.3, -0.25) is 14.6 Å². The smallest absolute Gasteiger partial charge is 0.310 e. The second-order valence-electron chi connectivity index (χ2n) is 6.42. The van der Waals surface area contributed by atoms with Gasteiger partial charge in [-0.25, -0.2) is 4.39 Å². The molecular weight excluding hydrogens is 339 g/mol. The highest BCUT2D eigenvalue weighted by molar-refractivity contribution is 5.94. The molecule has 1 aromatic heterocycles. The number of aliphatic carboxylic acids is 1. The molecule has 1 amide bonds. The zero-order chi connectivity index (χ0) is 18.6. The van der Waals surface area contributed by atoms with Gasteiger partial charge in [-0.2, -0.15) is 0 Å². The molecule has 0 unspecified atom stereocenters. The van der Waals surface area contributed by atoms with Gasteiger partial charge >= 0.3 is 5.97 Å². The highest BCUT2D eigenvalue weighted by atomic mass is 19.1. The molecule has 1 aromatic carbocycles. The number of rotatable bonds is 7. The summed E-state index contributed by atoms with van der Waals surface area (Å²) in [6.45, 7) is 0.130. The Morgan fingerprint density at radius 1 is 1.27 bits per heavy atom. The van der Waals surface area contributed by atoms with Crippen LogP contribution < -0.4 is 10.1 Å². The molecule has 26 heavy (non-hydrogen) atoms. The van der Waals surface area contributed by atoms with Gasteiger partial charge in [0.05, 0.1) is 11.1 Å². The Bertz CT molecular complexity index is 806. The van der Waals surface area contributed by atoms with Gasteiger partial charge in [-0.05, 0) is 37.1 Å². The van der Waals surface area contributed by atoms with Crippen molar-refractivity contribution >= 4 is 17.6 Å². The van der Waals surface area contributed by atoms with Crippen molar-refractivity contribution in [2.24, 2.45) is 5.41 Å². The van der Waals surface area contributed by atoms with Crippen LogP contribution in [0.2, 0.25) is 0 Å². The standard InChI is InChI=1S/C19H19FN2O4/c20-15-10-13(22-17(23)11-19(18(24)25)7-3-8-19)5-6-16(15)26-12-14-4-1-2-9-21-14/h1-2,4-6,9-10H,3,7-8,11-12H2,(H,22,23)(H,24,25). The van der Waals surface area contributed by atoms with E-state index in [1.165, 1.54) is 12.1 Å². The summed E-state index contributed by atoms with van der Waals surface area (Å²) in [5, 5.41) is 11.8. The topological polar surface area (TPSA) is 88.5 Å². The van der Waals surface area contributed by atoms with Crippen molar-refractivity contribution in [1.29, 1.82) is 0 Å². The fourth-order valence-corrected chi connectivity index (χ4v) is 2.91. The first-order chi connectivity index (χ1) is 12.5. The van der Waals surface area contributed by atoms with E-state index in [2.05, 4.69) is 10.3 Å². The van der Waals surface area contributed by atoms with Crippen LogP contribution >= 0.6 is 0 Å². The van der Waals surface area contributed by atoms with E-state index in [0.717, 1.165) is 12.5 Å². The van der Waals surface area contributed by atoms with E-state index in [1.807, 2.05) is 6.07 Å². The summed E-state index contributed by atoms with van der Waals surface area (Å²) in [7, 11) is 0. The van der Waals surface area contributed by atoms with Crippen molar-refractivity contribution < 1.29 is 23.8 Å². The molecule has 1 fully saturated rings. The van der Waals surface area contributed by atoms with Gasteiger partial charge in [0.2, 0.25) is 5.91 Å². The van der Waals surface area contributed by atoms with E-state index >= 15 is 0 Å². The number of aromatic nitrogens is 1. The first-order valence-electron chi connectivity index (χ1n) is 8.34. The molecule has 0 bridgehead atoms. The molecule has 7 heteroatoms. The number of carboxylic acids is 1. The van der Waals surface area contributed by atoms with Crippen LogP contribution in [0.1, 0.15) is 31.4 Å². The minimum Gasteiger partial charge on any atom is -0.484 e. The zero-order valence-corrected chi connectivity index (χ0v) is 14.1. The van der Waals surface area contributed by atoms with Gasteiger partial charge in [0.1, 0.15) is 6.61 Å². The molecule has 1 aliphatic carbocycles. The number of carbonyl (C=O) groups excluding carboxylic acids is 1. The third-order valence-corrected chi connectivity index (χ3v) is 4.58. The number of ether oxygens (including phenoxy) is 1. The van der Waals surface area contributed by atoms with Crippen LogP contribution in [-0.2, 0) is 16.2 Å². The predicted molar refractivity (Wildman–Crippen MR) is 92.1 cm³/mol. The normalized spacial score (nSPS) is 15.0. The average Bonchev–Trinajstić information content (AvgIpc) is 2.58. The monoisotopic (exact) mass is 358 g/mol. The number of nitrogens with one attached hydrogen (secondary N) is 1. The lowest BCUT2D eigenvalue weighted by atomic mass is 9.66. The molecule has 0 radical (unpaired) electrons. The Morgan fingerprint density at radius 2 is 2.08 bits per heavy atom.